The Morgan fingerprint density at radius 1 is 1.10 bits per heavy atom. The number of carbonyl (C=O) groups is 2. The molecule has 150 valence electrons. The summed E-state index contributed by atoms with van der Waals surface area (Å²) in [6.45, 7) is 5.15. The standard InChI is InChI=1S/C23H24N2O3S/c1-15-3-6-17(7-4-15)22(27)18-9-11-25(12-10-18)21(26)13-19-14-29-23(24-19)20-8-5-16(2)28-20/h3-8,14,18H,9-13H2,1-2H3. The highest BCUT2D eigenvalue weighted by Crippen LogP contribution is 2.27. The highest BCUT2D eigenvalue weighted by Gasteiger charge is 2.28. The number of benzene rings is 1. The van der Waals surface area contributed by atoms with Gasteiger partial charge in [0.2, 0.25) is 5.91 Å². The van der Waals surface area contributed by atoms with Crippen molar-refractivity contribution >= 4 is 23.0 Å². The van der Waals surface area contributed by atoms with Gasteiger partial charge in [-0.3, -0.25) is 9.59 Å². The fraction of sp³-hybridized carbons (Fsp3) is 0.348. The number of hydrogen-bond acceptors (Lipinski definition) is 5. The molecular weight excluding hydrogens is 384 g/mol. The molecule has 2 aromatic heterocycles. The Hall–Kier alpha value is -2.73. The normalized spacial score (nSPS) is 14.9. The minimum absolute atomic E-state index is 0.00479. The van der Waals surface area contributed by atoms with Crippen LogP contribution in [0, 0.1) is 19.8 Å². The summed E-state index contributed by atoms with van der Waals surface area (Å²) >= 11 is 1.49. The van der Waals surface area contributed by atoms with Crippen LogP contribution in [-0.4, -0.2) is 34.7 Å². The SMILES string of the molecule is Cc1ccc(C(=O)C2CCN(C(=O)Cc3csc(-c4ccc(C)o4)n3)CC2)cc1. The minimum atomic E-state index is -0.00479. The highest BCUT2D eigenvalue weighted by atomic mass is 32.1. The summed E-state index contributed by atoms with van der Waals surface area (Å²) in [5.41, 5.74) is 2.68. The molecule has 1 fully saturated rings. The lowest BCUT2D eigenvalue weighted by Crippen LogP contribution is -2.41. The van der Waals surface area contributed by atoms with Crippen LogP contribution in [0.4, 0.5) is 0 Å². The summed E-state index contributed by atoms with van der Waals surface area (Å²) in [7, 11) is 0. The summed E-state index contributed by atoms with van der Waals surface area (Å²) in [6.07, 6.45) is 1.71. The molecule has 4 rings (SSSR count). The van der Waals surface area contributed by atoms with Crippen molar-refractivity contribution in [2.24, 2.45) is 5.92 Å². The molecule has 0 N–H and O–H groups in total. The topological polar surface area (TPSA) is 63.4 Å². The third kappa shape index (κ3) is 4.48. The molecule has 0 unspecified atom stereocenters. The lowest BCUT2D eigenvalue weighted by molar-refractivity contribution is -0.131. The number of aromatic nitrogens is 1. The van der Waals surface area contributed by atoms with E-state index in [2.05, 4.69) is 4.98 Å². The molecule has 0 spiro atoms. The molecule has 1 aliphatic heterocycles. The number of nitrogens with zero attached hydrogens (tertiary/aromatic N) is 2. The number of furan rings is 1. The molecule has 1 amide bonds. The van der Waals surface area contributed by atoms with Crippen LogP contribution in [0.5, 0.6) is 0 Å². The zero-order chi connectivity index (χ0) is 20.4. The van der Waals surface area contributed by atoms with E-state index >= 15 is 0 Å². The van der Waals surface area contributed by atoms with Crippen molar-refractivity contribution in [3.8, 4) is 10.8 Å². The van der Waals surface area contributed by atoms with Gasteiger partial charge in [0.1, 0.15) is 5.76 Å². The molecule has 3 heterocycles. The Balaban J connectivity index is 1.32. The maximum atomic E-state index is 12.7. The monoisotopic (exact) mass is 408 g/mol. The van der Waals surface area contributed by atoms with E-state index in [0.717, 1.165) is 33.3 Å². The van der Waals surface area contributed by atoms with E-state index in [1.54, 1.807) is 0 Å². The van der Waals surface area contributed by atoms with Crippen molar-refractivity contribution in [3.05, 3.63) is 64.4 Å². The van der Waals surface area contributed by atoms with Crippen LogP contribution in [0.1, 0.15) is 40.2 Å². The van der Waals surface area contributed by atoms with Crippen LogP contribution >= 0.6 is 11.3 Å². The molecule has 0 radical (unpaired) electrons. The second-order valence-electron chi connectivity index (χ2n) is 7.62. The highest BCUT2D eigenvalue weighted by molar-refractivity contribution is 7.13. The Morgan fingerprint density at radius 3 is 2.48 bits per heavy atom. The third-order valence-corrected chi connectivity index (χ3v) is 6.30. The number of likely N-dealkylation sites (tertiary alicyclic amines) is 1. The van der Waals surface area contributed by atoms with Gasteiger partial charge in [0, 0.05) is 30.0 Å². The largest absolute Gasteiger partial charge is 0.459 e. The molecule has 6 heteroatoms. The smallest absolute Gasteiger partial charge is 0.228 e. The van der Waals surface area contributed by atoms with Crippen LogP contribution in [0.25, 0.3) is 10.8 Å². The molecule has 0 bridgehead atoms. The number of amides is 1. The minimum Gasteiger partial charge on any atom is -0.459 e. The van der Waals surface area contributed by atoms with Crippen molar-refractivity contribution < 1.29 is 14.0 Å². The van der Waals surface area contributed by atoms with Gasteiger partial charge >= 0.3 is 0 Å². The summed E-state index contributed by atoms with van der Waals surface area (Å²) in [5.74, 6) is 1.83. The Bertz CT molecular complexity index is 1010. The molecule has 1 saturated heterocycles. The van der Waals surface area contributed by atoms with E-state index in [1.165, 1.54) is 11.3 Å². The predicted octanol–water partition coefficient (Wildman–Crippen LogP) is 4.68. The molecule has 0 saturated carbocycles. The molecule has 0 aliphatic carbocycles. The van der Waals surface area contributed by atoms with Gasteiger partial charge in [0.25, 0.3) is 0 Å². The van der Waals surface area contributed by atoms with Gasteiger partial charge < -0.3 is 9.32 Å². The Morgan fingerprint density at radius 2 is 1.83 bits per heavy atom. The summed E-state index contributed by atoms with van der Waals surface area (Å²) in [5, 5.41) is 2.71. The lowest BCUT2D eigenvalue weighted by atomic mass is 9.88. The van der Waals surface area contributed by atoms with Crippen LogP contribution in [0.3, 0.4) is 0 Å². The van der Waals surface area contributed by atoms with Gasteiger partial charge in [-0.05, 0) is 38.8 Å². The van der Waals surface area contributed by atoms with Crippen molar-refractivity contribution in [2.45, 2.75) is 33.1 Å². The molecule has 5 nitrogen and oxygen atoms in total. The average molecular weight is 409 g/mol. The van der Waals surface area contributed by atoms with Gasteiger partial charge in [-0.1, -0.05) is 29.8 Å². The number of piperidine rings is 1. The molecule has 1 aliphatic rings. The Labute approximate surface area is 174 Å². The van der Waals surface area contributed by atoms with E-state index in [9.17, 15) is 9.59 Å². The Kier molecular flexibility index (Phi) is 5.62. The number of thiazole rings is 1. The molecule has 1 aromatic carbocycles. The fourth-order valence-corrected chi connectivity index (χ4v) is 4.44. The second kappa shape index (κ2) is 8.33. The number of hydrogen-bond donors (Lipinski definition) is 0. The van der Waals surface area contributed by atoms with Crippen LogP contribution in [0.15, 0.2) is 46.2 Å². The first-order chi connectivity index (χ1) is 14.0. The molecule has 29 heavy (non-hydrogen) atoms. The van der Waals surface area contributed by atoms with Crippen molar-refractivity contribution in [1.29, 1.82) is 0 Å². The zero-order valence-corrected chi connectivity index (χ0v) is 17.5. The van der Waals surface area contributed by atoms with Gasteiger partial charge in [0.15, 0.2) is 16.6 Å². The van der Waals surface area contributed by atoms with E-state index in [1.807, 2.05) is 60.5 Å². The van der Waals surface area contributed by atoms with Gasteiger partial charge in [-0.25, -0.2) is 4.98 Å². The number of rotatable bonds is 5. The van der Waals surface area contributed by atoms with E-state index in [4.69, 9.17) is 4.42 Å². The first-order valence-corrected chi connectivity index (χ1v) is 10.8. The third-order valence-electron chi connectivity index (χ3n) is 5.39. The van der Waals surface area contributed by atoms with Crippen molar-refractivity contribution in [3.63, 3.8) is 0 Å². The van der Waals surface area contributed by atoms with Gasteiger partial charge in [-0.15, -0.1) is 11.3 Å². The predicted molar refractivity (Wildman–Crippen MR) is 113 cm³/mol. The van der Waals surface area contributed by atoms with Crippen molar-refractivity contribution in [1.82, 2.24) is 9.88 Å². The number of aryl methyl sites for hydroxylation is 2. The van der Waals surface area contributed by atoms with E-state index < -0.39 is 0 Å². The van der Waals surface area contributed by atoms with Crippen molar-refractivity contribution in [2.75, 3.05) is 13.1 Å². The maximum Gasteiger partial charge on any atom is 0.228 e. The van der Waals surface area contributed by atoms with Crippen LogP contribution in [0.2, 0.25) is 0 Å². The van der Waals surface area contributed by atoms with Gasteiger partial charge in [-0.2, -0.15) is 0 Å². The number of carbonyl (C=O) groups excluding carboxylic acids is 2. The maximum absolute atomic E-state index is 12.7. The molecular formula is C23H24N2O3S. The fourth-order valence-electron chi connectivity index (χ4n) is 3.66. The van der Waals surface area contributed by atoms with E-state index in [0.29, 0.717) is 25.9 Å². The number of ketones is 1. The van der Waals surface area contributed by atoms with E-state index in [-0.39, 0.29) is 24.0 Å². The molecule has 3 aromatic rings. The van der Waals surface area contributed by atoms with Gasteiger partial charge in [0.05, 0.1) is 12.1 Å². The first kappa shape index (κ1) is 19.6. The van der Waals surface area contributed by atoms with Crippen LogP contribution in [-0.2, 0) is 11.2 Å². The number of Topliss-reactive ketones (excluding diaryl/α,β-unsaturated/α-hetero) is 1. The first-order valence-electron chi connectivity index (χ1n) is 9.89. The summed E-state index contributed by atoms with van der Waals surface area (Å²) in [6, 6.07) is 11.5. The lowest BCUT2D eigenvalue weighted by Gasteiger charge is -2.31. The zero-order valence-electron chi connectivity index (χ0n) is 16.7. The second-order valence-corrected chi connectivity index (χ2v) is 8.47. The summed E-state index contributed by atoms with van der Waals surface area (Å²) in [4.78, 5) is 31.8. The summed E-state index contributed by atoms with van der Waals surface area (Å²) < 4.78 is 5.60. The van der Waals surface area contributed by atoms with Crippen LogP contribution < -0.4 is 0 Å². The molecule has 0 atom stereocenters. The average Bonchev–Trinajstić information content (AvgIpc) is 3.37. The quantitative estimate of drug-likeness (QED) is 0.575.